The lowest BCUT2D eigenvalue weighted by Crippen LogP contribution is -2.18. The number of hydrogen-bond acceptors (Lipinski definition) is 1. The van der Waals surface area contributed by atoms with Crippen LogP contribution in [0.1, 0.15) is 20.3 Å². The molecule has 0 aromatic carbocycles. The van der Waals surface area contributed by atoms with E-state index >= 15 is 0 Å². The Morgan fingerprint density at radius 1 is 1.67 bits per heavy atom. The van der Waals surface area contributed by atoms with E-state index < -0.39 is 5.60 Å². The topological polar surface area (TPSA) is 20.2 Å². The van der Waals surface area contributed by atoms with Crippen molar-refractivity contribution in [3.63, 3.8) is 0 Å². The predicted octanol–water partition coefficient (Wildman–Crippen LogP) is 1.89. The molecule has 0 aliphatic rings. The van der Waals surface area contributed by atoms with Gasteiger partial charge in [-0.2, -0.15) is 0 Å². The molecule has 0 rings (SSSR count). The molecule has 0 fully saturated rings. The Bertz CT molecular complexity index is 112. The second-order valence-corrected chi connectivity index (χ2v) is 2.35. The zero-order valence-electron chi connectivity index (χ0n) is 6.09. The molecule has 0 radical (unpaired) electrons. The standard InChI is InChI=1S/C8H14O/c1-4-6-8(3,9)7-5-2/h4-5,7,9H,1,6H2,2-3H3/b7-5+. The molecule has 1 heteroatoms. The van der Waals surface area contributed by atoms with Crippen LogP contribution in [0.4, 0.5) is 0 Å². The third-order valence-corrected chi connectivity index (χ3v) is 1.08. The first-order chi connectivity index (χ1) is 4.12. The van der Waals surface area contributed by atoms with Crippen LogP contribution in [0.2, 0.25) is 0 Å². The Hall–Kier alpha value is -0.560. The maximum atomic E-state index is 9.36. The molecule has 0 aliphatic heterocycles. The molecule has 0 saturated carbocycles. The van der Waals surface area contributed by atoms with E-state index in [9.17, 15) is 5.11 Å². The van der Waals surface area contributed by atoms with Crippen LogP contribution in [0.5, 0.6) is 0 Å². The first-order valence-corrected chi connectivity index (χ1v) is 3.09. The lowest BCUT2D eigenvalue weighted by atomic mass is 10.0. The summed E-state index contributed by atoms with van der Waals surface area (Å²) in [7, 11) is 0. The summed E-state index contributed by atoms with van der Waals surface area (Å²) >= 11 is 0. The highest BCUT2D eigenvalue weighted by Gasteiger charge is 2.11. The van der Waals surface area contributed by atoms with Gasteiger partial charge in [-0.25, -0.2) is 0 Å². The molecule has 0 spiro atoms. The Kier molecular flexibility index (Phi) is 3.25. The van der Waals surface area contributed by atoms with Gasteiger partial charge in [0.1, 0.15) is 0 Å². The molecule has 0 bridgehead atoms. The average Bonchev–Trinajstić information content (AvgIpc) is 1.64. The smallest absolute Gasteiger partial charge is 0.0833 e. The van der Waals surface area contributed by atoms with Crippen LogP contribution >= 0.6 is 0 Å². The number of allylic oxidation sites excluding steroid dienone is 1. The maximum Gasteiger partial charge on any atom is 0.0833 e. The van der Waals surface area contributed by atoms with Gasteiger partial charge in [-0.05, 0) is 20.3 Å². The van der Waals surface area contributed by atoms with E-state index in [-0.39, 0.29) is 0 Å². The third kappa shape index (κ3) is 3.98. The molecular formula is C8H14O. The Morgan fingerprint density at radius 3 is 2.56 bits per heavy atom. The van der Waals surface area contributed by atoms with Crippen molar-refractivity contribution in [1.29, 1.82) is 0 Å². The summed E-state index contributed by atoms with van der Waals surface area (Å²) in [6.45, 7) is 7.18. The predicted molar refractivity (Wildman–Crippen MR) is 40.3 cm³/mol. The minimum absolute atomic E-state index is 0.608. The number of aliphatic hydroxyl groups is 1. The molecule has 0 aromatic rings. The van der Waals surface area contributed by atoms with Crippen molar-refractivity contribution in [2.24, 2.45) is 0 Å². The van der Waals surface area contributed by atoms with Gasteiger partial charge in [-0.1, -0.05) is 18.2 Å². The van der Waals surface area contributed by atoms with Crippen molar-refractivity contribution in [2.75, 3.05) is 0 Å². The monoisotopic (exact) mass is 126 g/mol. The minimum Gasteiger partial charge on any atom is -0.386 e. The normalized spacial score (nSPS) is 17.7. The fourth-order valence-corrected chi connectivity index (χ4v) is 0.719. The van der Waals surface area contributed by atoms with Gasteiger partial charge in [0, 0.05) is 0 Å². The molecule has 0 saturated heterocycles. The van der Waals surface area contributed by atoms with Crippen molar-refractivity contribution >= 4 is 0 Å². The highest BCUT2D eigenvalue weighted by atomic mass is 16.3. The van der Waals surface area contributed by atoms with Crippen molar-refractivity contribution in [3.05, 3.63) is 24.8 Å². The summed E-state index contributed by atoms with van der Waals surface area (Å²) in [6, 6.07) is 0. The molecular weight excluding hydrogens is 112 g/mol. The summed E-state index contributed by atoms with van der Waals surface area (Å²) < 4.78 is 0. The van der Waals surface area contributed by atoms with Crippen LogP contribution in [0.25, 0.3) is 0 Å². The van der Waals surface area contributed by atoms with E-state index in [0.717, 1.165) is 0 Å². The van der Waals surface area contributed by atoms with Crippen LogP contribution in [-0.2, 0) is 0 Å². The van der Waals surface area contributed by atoms with Crippen LogP contribution in [0.3, 0.4) is 0 Å². The molecule has 1 nitrogen and oxygen atoms in total. The molecule has 0 amide bonds. The van der Waals surface area contributed by atoms with Gasteiger partial charge in [-0.15, -0.1) is 6.58 Å². The molecule has 0 aromatic heterocycles. The number of rotatable bonds is 3. The minimum atomic E-state index is -0.698. The fraction of sp³-hybridized carbons (Fsp3) is 0.500. The SMILES string of the molecule is C=CCC(C)(O)/C=C/C. The van der Waals surface area contributed by atoms with Gasteiger partial charge < -0.3 is 5.11 Å². The van der Waals surface area contributed by atoms with Gasteiger partial charge >= 0.3 is 0 Å². The zero-order valence-corrected chi connectivity index (χ0v) is 6.09. The molecule has 1 unspecified atom stereocenters. The van der Waals surface area contributed by atoms with Gasteiger partial charge in [0.25, 0.3) is 0 Å². The Morgan fingerprint density at radius 2 is 2.22 bits per heavy atom. The molecule has 9 heavy (non-hydrogen) atoms. The van der Waals surface area contributed by atoms with E-state index in [2.05, 4.69) is 6.58 Å². The van der Waals surface area contributed by atoms with E-state index in [4.69, 9.17) is 0 Å². The zero-order chi connectivity index (χ0) is 7.33. The molecule has 52 valence electrons. The summed E-state index contributed by atoms with van der Waals surface area (Å²) in [4.78, 5) is 0. The first-order valence-electron chi connectivity index (χ1n) is 3.09. The highest BCUT2D eigenvalue weighted by Crippen LogP contribution is 2.10. The van der Waals surface area contributed by atoms with Crippen LogP contribution in [-0.4, -0.2) is 10.7 Å². The molecule has 0 heterocycles. The van der Waals surface area contributed by atoms with Gasteiger partial charge in [-0.3, -0.25) is 0 Å². The van der Waals surface area contributed by atoms with Crippen molar-refractivity contribution < 1.29 is 5.11 Å². The fourth-order valence-electron chi connectivity index (χ4n) is 0.719. The van der Waals surface area contributed by atoms with Gasteiger partial charge in [0.05, 0.1) is 5.60 Å². The number of hydrogen-bond donors (Lipinski definition) is 1. The largest absolute Gasteiger partial charge is 0.386 e. The second-order valence-electron chi connectivity index (χ2n) is 2.35. The summed E-state index contributed by atoms with van der Waals surface area (Å²) in [5.41, 5.74) is -0.698. The van der Waals surface area contributed by atoms with Crippen LogP contribution in [0, 0.1) is 0 Å². The average molecular weight is 126 g/mol. The molecule has 1 atom stereocenters. The van der Waals surface area contributed by atoms with E-state index in [0.29, 0.717) is 6.42 Å². The summed E-state index contributed by atoms with van der Waals surface area (Å²) in [5, 5.41) is 9.36. The van der Waals surface area contributed by atoms with Gasteiger partial charge in [0.15, 0.2) is 0 Å². The van der Waals surface area contributed by atoms with Crippen molar-refractivity contribution in [1.82, 2.24) is 0 Å². The first kappa shape index (κ1) is 8.44. The van der Waals surface area contributed by atoms with Gasteiger partial charge in [0.2, 0.25) is 0 Å². The summed E-state index contributed by atoms with van der Waals surface area (Å²) in [5.74, 6) is 0. The van der Waals surface area contributed by atoms with Crippen molar-refractivity contribution in [2.45, 2.75) is 25.9 Å². The Balaban J connectivity index is 3.84. The maximum absolute atomic E-state index is 9.36. The van der Waals surface area contributed by atoms with Crippen molar-refractivity contribution in [3.8, 4) is 0 Å². The lowest BCUT2D eigenvalue weighted by molar-refractivity contribution is 0.115. The second kappa shape index (κ2) is 3.46. The third-order valence-electron chi connectivity index (χ3n) is 1.08. The lowest BCUT2D eigenvalue weighted by Gasteiger charge is -2.15. The van der Waals surface area contributed by atoms with Crippen LogP contribution in [0.15, 0.2) is 24.8 Å². The molecule has 0 aliphatic carbocycles. The van der Waals surface area contributed by atoms with E-state index in [1.807, 2.05) is 13.0 Å². The Labute approximate surface area is 56.7 Å². The summed E-state index contributed by atoms with van der Waals surface area (Å²) in [6.07, 6.45) is 5.91. The highest BCUT2D eigenvalue weighted by molar-refractivity contribution is 4.99. The quantitative estimate of drug-likeness (QED) is 0.572. The van der Waals surface area contributed by atoms with E-state index in [1.54, 1.807) is 19.1 Å². The molecule has 1 N–H and O–H groups in total. The van der Waals surface area contributed by atoms with Crippen LogP contribution < -0.4 is 0 Å². The van der Waals surface area contributed by atoms with E-state index in [1.165, 1.54) is 0 Å².